The van der Waals surface area contributed by atoms with Crippen LogP contribution >= 0.6 is 0 Å². The Labute approximate surface area is 78.9 Å². The van der Waals surface area contributed by atoms with Crippen LogP contribution in [0.25, 0.3) is 0 Å². The molecule has 76 valence electrons. The standard InChI is InChI=1S/C9H18N2O2/c1-6(2)3-9-12-7(4-10)8(5-11)13-9/h6,9H,3-5,10-11H2,1-2H3. The summed E-state index contributed by atoms with van der Waals surface area (Å²) in [5.74, 6) is 1.95. The lowest BCUT2D eigenvalue weighted by Crippen LogP contribution is -2.14. The molecule has 1 heterocycles. The van der Waals surface area contributed by atoms with Crippen molar-refractivity contribution in [3.8, 4) is 0 Å². The maximum atomic E-state index is 5.48. The molecular weight excluding hydrogens is 168 g/mol. The van der Waals surface area contributed by atoms with Gasteiger partial charge in [-0.2, -0.15) is 0 Å². The van der Waals surface area contributed by atoms with Gasteiger partial charge in [0.15, 0.2) is 11.5 Å². The van der Waals surface area contributed by atoms with E-state index in [4.69, 9.17) is 20.9 Å². The second kappa shape index (κ2) is 4.48. The van der Waals surface area contributed by atoms with Crippen molar-refractivity contribution in [2.24, 2.45) is 17.4 Å². The fourth-order valence-corrected chi connectivity index (χ4v) is 1.28. The molecule has 0 atom stereocenters. The molecule has 0 aromatic carbocycles. The molecular formula is C9H18N2O2. The SMILES string of the molecule is CC(C)CC1OC(CN)=C(CN)O1. The van der Waals surface area contributed by atoms with Gasteiger partial charge < -0.3 is 20.9 Å². The molecule has 0 amide bonds. The topological polar surface area (TPSA) is 70.5 Å². The van der Waals surface area contributed by atoms with Crippen molar-refractivity contribution in [2.75, 3.05) is 13.1 Å². The van der Waals surface area contributed by atoms with Gasteiger partial charge in [0.2, 0.25) is 6.29 Å². The first kappa shape index (κ1) is 10.3. The summed E-state index contributed by atoms with van der Waals surface area (Å²) >= 11 is 0. The van der Waals surface area contributed by atoms with Gasteiger partial charge >= 0.3 is 0 Å². The van der Waals surface area contributed by atoms with Crippen molar-refractivity contribution >= 4 is 0 Å². The Balaban J connectivity index is 2.47. The summed E-state index contributed by atoms with van der Waals surface area (Å²) in [7, 11) is 0. The first-order chi connectivity index (χ1) is 6.17. The Morgan fingerprint density at radius 3 is 1.92 bits per heavy atom. The van der Waals surface area contributed by atoms with Crippen LogP contribution in [0.1, 0.15) is 20.3 Å². The molecule has 1 aliphatic rings. The highest BCUT2D eigenvalue weighted by Crippen LogP contribution is 2.24. The first-order valence-corrected chi connectivity index (χ1v) is 4.62. The van der Waals surface area contributed by atoms with Crippen LogP contribution in [0.15, 0.2) is 11.5 Å². The van der Waals surface area contributed by atoms with Crippen molar-refractivity contribution in [3.63, 3.8) is 0 Å². The lowest BCUT2D eigenvalue weighted by atomic mass is 10.1. The Kier molecular flexibility index (Phi) is 3.57. The second-order valence-corrected chi connectivity index (χ2v) is 3.55. The smallest absolute Gasteiger partial charge is 0.240 e. The van der Waals surface area contributed by atoms with Crippen LogP contribution in [-0.4, -0.2) is 19.4 Å². The summed E-state index contributed by atoms with van der Waals surface area (Å²) in [5, 5.41) is 0. The number of hydrogen-bond donors (Lipinski definition) is 2. The summed E-state index contributed by atoms with van der Waals surface area (Å²) in [5.41, 5.74) is 10.9. The van der Waals surface area contributed by atoms with E-state index in [1.807, 2.05) is 0 Å². The van der Waals surface area contributed by atoms with Gasteiger partial charge in [0.25, 0.3) is 0 Å². The fraction of sp³-hybridized carbons (Fsp3) is 0.778. The van der Waals surface area contributed by atoms with Gasteiger partial charge in [-0.25, -0.2) is 0 Å². The van der Waals surface area contributed by atoms with Gasteiger partial charge in [-0.05, 0) is 5.92 Å². The average molecular weight is 186 g/mol. The van der Waals surface area contributed by atoms with E-state index in [1.54, 1.807) is 0 Å². The molecule has 1 aliphatic heterocycles. The monoisotopic (exact) mass is 186 g/mol. The molecule has 4 N–H and O–H groups in total. The van der Waals surface area contributed by atoms with Crippen molar-refractivity contribution in [1.82, 2.24) is 0 Å². The molecule has 0 bridgehead atoms. The highest BCUT2D eigenvalue weighted by Gasteiger charge is 2.25. The fourth-order valence-electron chi connectivity index (χ4n) is 1.28. The molecule has 4 nitrogen and oxygen atoms in total. The third kappa shape index (κ3) is 2.60. The maximum Gasteiger partial charge on any atom is 0.240 e. The second-order valence-electron chi connectivity index (χ2n) is 3.55. The molecule has 0 aromatic heterocycles. The predicted octanol–water partition coefficient (Wildman–Crippen LogP) is 0.534. The van der Waals surface area contributed by atoms with E-state index < -0.39 is 0 Å². The molecule has 0 aromatic rings. The minimum absolute atomic E-state index is 0.183. The molecule has 0 saturated heterocycles. The zero-order valence-electron chi connectivity index (χ0n) is 8.25. The molecule has 0 aliphatic carbocycles. The summed E-state index contributed by atoms with van der Waals surface area (Å²) in [6.45, 7) is 4.97. The Bertz CT molecular complexity index is 186. The molecule has 4 heteroatoms. The van der Waals surface area contributed by atoms with Crippen LogP contribution in [0, 0.1) is 5.92 Å². The zero-order chi connectivity index (χ0) is 9.84. The summed E-state index contributed by atoms with van der Waals surface area (Å²) < 4.78 is 11.0. The van der Waals surface area contributed by atoms with E-state index in [-0.39, 0.29) is 6.29 Å². The first-order valence-electron chi connectivity index (χ1n) is 4.62. The lowest BCUT2D eigenvalue weighted by Gasteiger charge is -2.13. The molecule has 0 fully saturated rings. The van der Waals surface area contributed by atoms with E-state index in [0.717, 1.165) is 6.42 Å². The minimum atomic E-state index is -0.183. The Morgan fingerprint density at radius 2 is 1.62 bits per heavy atom. The maximum absolute atomic E-state index is 5.48. The van der Waals surface area contributed by atoms with Gasteiger partial charge in [0.05, 0.1) is 13.1 Å². The predicted molar refractivity (Wildman–Crippen MR) is 50.5 cm³/mol. The summed E-state index contributed by atoms with van der Waals surface area (Å²) in [6, 6.07) is 0. The van der Waals surface area contributed by atoms with Crippen molar-refractivity contribution in [2.45, 2.75) is 26.6 Å². The van der Waals surface area contributed by atoms with E-state index in [9.17, 15) is 0 Å². The van der Waals surface area contributed by atoms with Crippen molar-refractivity contribution in [3.05, 3.63) is 11.5 Å². The van der Waals surface area contributed by atoms with Crippen LogP contribution in [-0.2, 0) is 9.47 Å². The number of ether oxygens (including phenoxy) is 2. The van der Waals surface area contributed by atoms with Gasteiger partial charge in [-0.3, -0.25) is 0 Å². The largest absolute Gasteiger partial charge is 0.454 e. The number of rotatable bonds is 4. The van der Waals surface area contributed by atoms with Crippen molar-refractivity contribution < 1.29 is 9.47 Å². The lowest BCUT2D eigenvalue weighted by molar-refractivity contribution is -0.0520. The normalized spacial score (nSPS) is 17.9. The molecule has 13 heavy (non-hydrogen) atoms. The summed E-state index contributed by atoms with van der Waals surface area (Å²) in [4.78, 5) is 0. The third-order valence-electron chi connectivity index (χ3n) is 1.89. The van der Waals surface area contributed by atoms with E-state index >= 15 is 0 Å². The third-order valence-corrected chi connectivity index (χ3v) is 1.89. The summed E-state index contributed by atoms with van der Waals surface area (Å²) in [6.07, 6.45) is 0.685. The van der Waals surface area contributed by atoms with Crippen LogP contribution in [0.4, 0.5) is 0 Å². The van der Waals surface area contributed by atoms with Crippen LogP contribution < -0.4 is 11.5 Å². The van der Waals surface area contributed by atoms with Crippen LogP contribution in [0.5, 0.6) is 0 Å². The zero-order valence-corrected chi connectivity index (χ0v) is 8.25. The van der Waals surface area contributed by atoms with E-state index in [1.165, 1.54) is 0 Å². The molecule has 0 spiro atoms. The number of hydrogen-bond acceptors (Lipinski definition) is 4. The van der Waals surface area contributed by atoms with Crippen LogP contribution in [0.3, 0.4) is 0 Å². The van der Waals surface area contributed by atoms with Gasteiger partial charge in [0, 0.05) is 6.42 Å². The molecule has 1 rings (SSSR count). The Morgan fingerprint density at radius 1 is 1.15 bits per heavy atom. The van der Waals surface area contributed by atoms with E-state index in [2.05, 4.69) is 13.8 Å². The average Bonchev–Trinajstić information content (AvgIpc) is 2.45. The van der Waals surface area contributed by atoms with Crippen LogP contribution in [0.2, 0.25) is 0 Å². The quantitative estimate of drug-likeness (QED) is 0.672. The molecule has 0 unspecified atom stereocenters. The highest BCUT2D eigenvalue weighted by molar-refractivity contribution is 5.08. The number of nitrogens with two attached hydrogens (primary N) is 2. The Hall–Kier alpha value is -0.740. The molecule has 0 saturated carbocycles. The van der Waals surface area contributed by atoms with Crippen molar-refractivity contribution in [1.29, 1.82) is 0 Å². The van der Waals surface area contributed by atoms with Gasteiger partial charge in [-0.15, -0.1) is 0 Å². The molecule has 0 radical (unpaired) electrons. The highest BCUT2D eigenvalue weighted by atomic mass is 16.7. The van der Waals surface area contributed by atoms with Gasteiger partial charge in [-0.1, -0.05) is 13.8 Å². The van der Waals surface area contributed by atoms with Gasteiger partial charge in [0.1, 0.15) is 0 Å². The minimum Gasteiger partial charge on any atom is -0.454 e. The van der Waals surface area contributed by atoms with E-state index in [0.29, 0.717) is 30.5 Å².